The SMILES string of the molecule is NS(=O)(=O)[O-].NS(=O)(=O)[O-].O=S(=O)([O-])[O-].O=S(=O)([O-])[O-].[Ni+2].[Ni+2].[Ni+2]. The summed E-state index contributed by atoms with van der Waals surface area (Å²) in [5.74, 6) is 0. The Morgan fingerprint density at radius 3 is 0.435 bits per heavy atom. The molecule has 0 unspecified atom stereocenters. The van der Waals surface area contributed by atoms with E-state index >= 15 is 0 Å². The summed E-state index contributed by atoms with van der Waals surface area (Å²) in [6, 6.07) is 0. The van der Waals surface area contributed by atoms with Crippen LogP contribution in [-0.4, -0.2) is 61.0 Å². The second kappa shape index (κ2) is 17.8. The van der Waals surface area contributed by atoms with Crippen LogP contribution in [-0.2, 0) is 90.9 Å². The van der Waals surface area contributed by atoms with Gasteiger partial charge >= 0.3 is 49.5 Å². The molecule has 16 nitrogen and oxygen atoms in total. The van der Waals surface area contributed by atoms with E-state index in [0.717, 1.165) is 0 Å². The fourth-order valence-electron chi connectivity index (χ4n) is 0. The van der Waals surface area contributed by atoms with Crippen LogP contribution in [0.4, 0.5) is 0 Å². The second-order valence-corrected chi connectivity index (χ2v) is 5.41. The van der Waals surface area contributed by atoms with E-state index in [-0.39, 0.29) is 49.5 Å². The van der Waals surface area contributed by atoms with Gasteiger partial charge in [0.15, 0.2) is 20.6 Å². The van der Waals surface area contributed by atoms with Gasteiger partial charge in [0, 0.05) is 20.8 Å². The number of nitrogens with two attached hydrogens (primary N) is 2. The maximum Gasteiger partial charge on any atom is 2.00 e. The van der Waals surface area contributed by atoms with Crippen LogP contribution in [0.25, 0.3) is 0 Å². The van der Waals surface area contributed by atoms with E-state index in [1.54, 1.807) is 0 Å². The van der Waals surface area contributed by atoms with Gasteiger partial charge in [0.05, 0.1) is 0 Å². The van der Waals surface area contributed by atoms with Crippen molar-refractivity contribution in [1.29, 1.82) is 0 Å². The number of hydrogen-bond acceptors (Lipinski definition) is 14. The standard InChI is InChI=1S/2H3NO3S.3Ni.2H2O4S/c2*1-5(2,3)4;;;;2*1-5(2,3)4/h2*(H3,1,2,3,4);;;;2*(H2,1,2,3,4)/q;;3*+2;;/p-6. The van der Waals surface area contributed by atoms with Crippen molar-refractivity contribution in [1.82, 2.24) is 0 Å². The minimum absolute atomic E-state index is 0. The topological polar surface area (TPSA) is 327 Å². The summed E-state index contributed by atoms with van der Waals surface area (Å²) in [6.07, 6.45) is 0. The van der Waals surface area contributed by atoms with E-state index in [9.17, 15) is 0 Å². The van der Waals surface area contributed by atoms with Crippen molar-refractivity contribution in [2.45, 2.75) is 0 Å². The first-order valence-electron chi connectivity index (χ1n) is 2.80. The Morgan fingerprint density at radius 2 is 0.435 bits per heavy atom. The predicted molar refractivity (Wildman–Crippen MR) is 48.7 cm³/mol. The second-order valence-electron chi connectivity index (χ2n) is 1.80. The molecule has 0 aromatic heterocycles. The van der Waals surface area contributed by atoms with E-state index < -0.39 is 41.4 Å². The average molecular weight is 560 g/mol. The third-order valence-corrected chi connectivity index (χ3v) is 0. The van der Waals surface area contributed by atoms with Crippen LogP contribution in [0, 0.1) is 0 Å². The zero-order valence-electron chi connectivity index (χ0n) is 9.45. The monoisotopic (exact) mass is 558 g/mol. The molecule has 0 aromatic carbocycles. The summed E-state index contributed by atoms with van der Waals surface area (Å²) in [5, 5.41) is 7.54. The van der Waals surface area contributed by atoms with Gasteiger partial charge < -0.3 is 27.3 Å². The molecule has 0 aliphatic rings. The van der Waals surface area contributed by atoms with Gasteiger partial charge in [-0.05, 0) is 0 Å². The van der Waals surface area contributed by atoms with Gasteiger partial charge in [-0.2, -0.15) is 0 Å². The fourth-order valence-corrected chi connectivity index (χ4v) is 0. The summed E-state index contributed by atoms with van der Waals surface area (Å²) < 4.78 is 121. The molecule has 0 aromatic rings. The summed E-state index contributed by atoms with van der Waals surface area (Å²) in [7, 11) is -19.2. The van der Waals surface area contributed by atoms with Gasteiger partial charge in [-0.1, -0.05) is 0 Å². The molecule has 23 heavy (non-hydrogen) atoms. The third-order valence-electron chi connectivity index (χ3n) is 0. The summed E-state index contributed by atoms with van der Waals surface area (Å²) >= 11 is 0. The quantitative estimate of drug-likeness (QED) is 0.158. The van der Waals surface area contributed by atoms with Crippen LogP contribution in [0.2, 0.25) is 0 Å². The molecule has 23 heteroatoms. The van der Waals surface area contributed by atoms with Crippen molar-refractivity contribution in [3.8, 4) is 0 Å². The molecule has 0 amide bonds. The Balaban J connectivity index is -0.0000000284. The molecule has 4 N–H and O–H groups in total. The maximum absolute atomic E-state index is 8.85. The van der Waals surface area contributed by atoms with Crippen molar-refractivity contribution < 1.29 is 110 Å². The van der Waals surface area contributed by atoms with E-state index in [1.807, 2.05) is 0 Å². The molecular formula is H4N2Ni3O14S4. The molecule has 0 aliphatic carbocycles. The van der Waals surface area contributed by atoms with E-state index in [2.05, 4.69) is 10.3 Å². The largest absolute Gasteiger partial charge is 2.00 e. The first-order chi connectivity index (χ1) is 8.00. The van der Waals surface area contributed by atoms with Crippen LogP contribution < -0.4 is 10.3 Å². The Kier molecular flexibility index (Phi) is 33.9. The first-order valence-corrected chi connectivity index (χ1v) is 8.41. The van der Waals surface area contributed by atoms with Crippen molar-refractivity contribution in [2.24, 2.45) is 10.3 Å². The molecule has 0 atom stereocenters. The maximum atomic E-state index is 8.85. The molecule has 0 spiro atoms. The zero-order chi connectivity index (χ0) is 18.0. The fraction of sp³-hybridized carbons (Fsp3) is 0. The van der Waals surface area contributed by atoms with Gasteiger partial charge in [0.1, 0.15) is 0 Å². The van der Waals surface area contributed by atoms with E-state index in [1.165, 1.54) is 0 Å². The van der Waals surface area contributed by atoms with Crippen LogP contribution in [0.5, 0.6) is 0 Å². The van der Waals surface area contributed by atoms with Crippen molar-refractivity contribution in [3.05, 3.63) is 0 Å². The van der Waals surface area contributed by atoms with Crippen LogP contribution in [0.3, 0.4) is 0 Å². The molecule has 0 saturated carbocycles. The van der Waals surface area contributed by atoms with Gasteiger partial charge in [0.25, 0.3) is 0 Å². The van der Waals surface area contributed by atoms with Gasteiger partial charge in [-0.25, -0.2) is 27.1 Å². The molecule has 0 saturated heterocycles. The van der Waals surface area contributed by atoms with Crippen molar-refractivity contribution in [3.63, 3.8) is 0 Å². The Hall–Kier alpha value is 0.961. The molecule has 0 rings (SSSR count). The van der Waals surface area contributed by atoms with E-state index in [0.29, 0.717) is 0 Å². The Morgan fingerprint density at radius 1 is 0.435 bits per heavy atom. The number of hydrogen-bond donors (Lipinski definition) is 2. The third kappa shape index (κ3) is 10900. The van der Waals surface area contributed by atoms with Crippen LogP contribution >= 0.6 is 0 Å². The van der Waals surface area contributed by atoms with Crippen LogP contribution in [0.1, 0.15) is 0 Å². The molecule has 152 valence electrons. The summed E-state index contributed by atoms with van der Waals surface area (Å²) in [5.41, 5.74) is 0. The van der Waals surface area contributed by atoms with Gasteiger partial charge in [-0.15, -0.1) is 0 Å². The Bertz CT molecular complexity index is 489. The summed E-state index contributed by atoms with van der Waals surface area (Å²) in [6.45, 7) is 0. The predicted octanol–water partition coefficient (Wildman–Crippen LogP) is -5.87. The summed E-state index contributed by atoms with van der Waals surface area (Å²) in [4.78, 5) is 0. The molecule has 0 radical (unpaired) electrons. The molecule has 0 fully saturated rings. The van der Waals surface area contributed by atoms with Crippen molar-refractivity contribution >= 4 is 41.4 Å². The number of rotatable bonds is 0. The minimum Gasteiger partial charge on any atom is -0.759 e. The molecule has 0 heterocycles. The molecule has 0 aliphatic heterocycles. The zero-order valence-corrected chi connectivity index (χ0v) is 15.7. The van der Waals surface area contributed by atoms with Gasteiger partial charge in [-0.3, -0.25) is 16.8 Å². The van der Waals surface area contributed by atoms with Gasteiger partial charge in [0.2, 0.25) is 0 Å². The van der Waals surface area contributed by atoms with Crippen LogP contribution in [0.15, 0.2) is 0 Å². The average Bonchev–Trinajstić information content (AvgIpc) is 1.62. The smallest absolute Gasteiger partial charge is 0.759 e. The van der Waals surface area contributed by atoms with E-state index in [4.69, 9.17) is 61.0 Å². The molecule has 0 bridgehead atoms. The molecular weight excluding hydrogens is 556 g/mol. The Labute approximate surface area is 161 Å². The normalized spacial score (nSPS) is 10.1. The first kappa shape index (κ1) is 43.9. The minimum atomic E-state index is -5.17. The van der Waals surface area contributed by atoms with Crippen molar-refractivity contribution in [2.75, 3.05) is 0 Å².